The Kier molecular flexibility index (Phi) is 14.1. The van der Waals surface area contributed by atoms with E-state index in [-0.39, 0.29) is 35.2 Å². The van der Waals surface area contributed by atoms with E-state index in [1.165, 1.54) is 63.4 Å². The van der Waals surface area contributed by atoms with Crippen LogP contribution in [0.25, 0.3) is 0 Å². The number of rotatable bonds is 16. The van der Waals surface area contributed by atoms with Gasteiger partial charge in [-0.15, -0.1) is 0 Å². The van der Waals surface area contributed by atoms with Crippen LogP contribution in [0.2, 0.25) is 0 Å². The Bertz CT molecular complexity index is 1970. The van der Waals surface area contributed by atoms with Crippen molar-refractivity contribution in [1.29, 1.82) is 0 Å². The fraction of sp³-hybridized carbons (Fsp3) is 0.614. The molecular weight excluding hydrogens is 765 g/mol. The van der Waals surface area contributed by atoms with Gasteiger partial charge in [-0.3, -0.25) is 0 Å². The van der Waals surface area contributed by atoms with E-state index in [1.54, 1.807) is 0 Å². The van der Waals surface area contributed by atoms with Crippen LogP contribution in [0, 0.1) is 39.4 Å². The molecule has 0 spiro atoms. The average Bonchev–Trinajstić information content (AvgIpc) is 3.55. The Balaban J connectivity index is 1.00. The SMILES string of the molecule is CC(C)=CCC[C@@H](C)[C@H]1CC[C@@]2(C)C3=C(CC[C@]12C)[C@@]1(C)CC[C@H](O[C@@H]2C[C@@H](OCc4ccccc4)[C@H](OCc4ccccc4)[C@@H](COCc4ccccc4)O2)C(C)(C)C1CC3. The molecule has 0 radical (unpaired) electrons. The predicted molar refractivity (Wildman–Crippen MR) is 251 cm³/mol. The van der Waals surface area contributed by atoms with Crippen LogP contribution in [0.15, 0.2) is 114 Å². The molecule has 0 bridgehead atoms. The summed E-state index contributed by atoms with van der Waals surface area (Å²) in [6.45, 7) is 22.0. The van der Waals surface area contributed by atoms with Gasteiger partial charge in [0.2, 0.25) is 0 Å². The van der Waals surface area contributed by atoms with E-state index in [4.69, 9.17) is 23.7 Å². The Hall–Kier alpha value is -3.06. The first-order chi connectivity index (χ1) is 29.8. The summed E-state index contributed by atoms with van der Waals surface area (Å²) >= 11 is 0. The highest BCUT2D eigenvalue weighted by Crippen LogP contribution is 2.72. The Morgan fingerprint density at radius 3 is 2.00 bits per heavy atom. The number of fused-ring (bicyclic) bond motifs is 4. The van der Waals surface area contributed by atoms with Crippen molar-refractivity contribution >= 4 is 0 Å². The second-order valence-electron chi connectivity index (χ2n) is 21.6. The third-order valence-corrected chi connectivity index (χ3v) is 17.4. The molecule has 2 saturated carbocycles. The third kappa shape index (κ3) is 9.23. The van der Waals surface area contributed by atoms with E-state index < -0.39 is 6.29 Å². The zero-order chi connectivity index (χ0) is 43.5. The van der Waals surface area contributed by atoms with Crippen LogP contribution in [-0.4, -0.2) is 37.3 Å². The van der Waals surface area contributed by atoms with Crippen LogP contribution in [0.5, 0.6) is 0 Å². The normalized spacial score (nSPS) is 34.5. The van der Waals surface area contributed by atoms with Crippen molar-refractivity contribution in [2.24, 2.45) is 39.4 Å². The fourth-order valence-electron chi connectivity index (χ4n) is 13.8. The summed E-state index contributed by atoms with van der Waals surface area (Å²) in [6.07, 6.45) is 14.4. The van der Waals surface area contributed by atoms with Gasteiger partial charge in [0, 0.05) is 6.42 Å². The van der Waals surface area contributed by atoms with Crippen molar-refractivity contribution in [3.8, 4) is 0 Å². The zero-order valence-corrected chi connectivity index (χ0v) is 39.5. The van der Waals surface area contributed by atoms with E-state index >= 15 is 0 Å². The molecule has 5 heteroatoms. The summed E-state index contributed by atoms with van der Waals surface area (Å²) in [5, 5.41) is 0. The molecule has 8 rings (SSSR count). The van der Waals surface area contributed by atoms with Crippen molar-refractivity contribution in [3.63, 3.8) is 0 Å². The number of allylic oxidation sites excluding steroid dienone is 4. The lowest BCUT2D eigenvalue weighted by Gasteiger charge is -2.62. The molecular formula is C57H78O5. The Morgan fingerprint density at radius 1 is 0.726 bits per heavy atom. The monoisotopic (exact) mass is 843 g/mol. The first-order valence-corrected chi connectivity index (χ1v) is 24.4. The molecule has 1 heterocycles. The average molecular weight is 843 g/mol. The molecule has 0 amide bonds. The van der Waals surface area contributed by atoms with Gasteiger partial charge in [-0.2, -0.15) is 0 Å². The lowest BCUT2D eigenvalue weighted by atomic mass is 9.43. The molecule has 62 heavy (non-hydrogen) atoms. The maximum Gasteiger partial charge on any atom is 0.161 e. The predicted octanol–water partition coefficient (Wildman–Crippen LogP) is 14.0. The van der Waals surface area contributed by atoms with Crippen LogP contribution in [0.4, 0.5) is 0 Å². The van der Waals surface area contributed by atoms with E-state index in [0.29, 0.717) is 49.6 Å². The third-order valence-electron chi connectivity index (χ3n) is 17.4. The minimum atomic E-state index is -0.423. The minimum Gasteiger partial charge on any atom is -0.374 e. The maximum absolute atomic E-state index is 7.32. The zero-order valence-electron chi connectivity index (χ0n) is 39.5. The molecule has 1 aliphatic heterocycles. The molecule has 5 aliphatic rings. The number of benzene rings is 3. The maximum atomic E-state index is 7.32. The minimum absolute atomic E-state index is 0.0193. The van der Waals surface area contributed by atoms with Crippen molar-refractivity contribution in [2.75, 3.05) is 6.61 Å². The second kappa shape index (κ2) is 19.2. The molecule has 3 aromatic carbocycles. The summed E-state index contributed by atoms with van der Waals surface area (Å²) in [6, 6.07) is 31.3. The first kappa shape index (κ1) is 45.5. The van der Waals surface area contributed by atoms with Gasteiger partial charge in [-0.25, -0.2) is 0 Å². The van der Waals surface area contributed by atoms with Gasteiger partial charge in [0.05, 0.1) is 38.6 Å². The van der Waals surface area contributed by atoms with Gasteiger partial charge in [0.1, 0.15) is 12.2 Å². The van der Waals surface area contributed by atoms with Gasteiger partial charge >= 0.3 is 0 Å². The van der Waals surface area contributed by atoms with Crippen molar-refractivity contribution in [3.05, 3.63) is 130 Å². The summed E-state index contributed by atoms with van der Waals surface area (Å²) in [5.41, 5.74) is 9.46. The largest absolute Gasteiger partial charge is 0.374 e. The Morgan fingerprint density at radius 2 is 1.35 bits per heavy atom. The molecule has 336 valence electrons. The fourth-order valence-corrected chi connectivity index (χ4v) is 13.8. The Labute approximate surface area is 375 Å². The first-order valence-electron chi connectivity index (χ1n) is 24.4. The smallest absolute Gasteiger partial charge is 0.161 e. The van der Waals surface area contributed by atoms with Crippen LogP contribution < -0.4 is 0 Å². The molecule has 1 saturated heterocycles. The van der Waals surface area contributed by atoms with Gasteiger partial charge in [0.25, 0.3) is 0 Å². The quantitative estimate of drug-likeness (QED) is 0.134. The van der Waals surface area contributed by atoms with Crippen LogP contribution >= 0.6 is 0 Å². The van der Waals surface area contributed by atoms with Gasteiger partial charge in [0.15, 0.2) is 6.29 Å². The van der Waals surface area contributed by atoms with E-state index in [0.717, 1.165) is 34.9 Å². The molecule has 5 nitrogen and oxygen atoms in total. The summed E-state index contributed by atoms with van der Waals surface area (Å²) < 4.78 is 34.4. The summed E-state index contributed by atoms with van der Waals surface area (Å²) in [4.78, 5) is 0. The summed E-state index contributed by atoms with van der Waals surface area (Å²) in [5.74, 6) is 2.13. The topological polar surface area (TPSA) is 46.2 Å². The van der Waals surface area contributed by atoms with Crippen molar-refractivity contribution < 1.29 is 23.7 Å². The molecule has 1 unspecified atom stereocenters. The summed E-state index contributed by atoms with van der Waals surface area (Å²) in [7, 11) is 0. The van der Waals surface area contributed by atoms with Gasteiger partial charge in [-0.1, -0.05) is 155 Å². The van der Waals surface area contributed by atoms with Crippen LogP contribution in [-0.2, 0) is 43.5 Å². The standard InChI is InChI=1S/C57H78O5/c1-40(2)19-18-20-41(3)45-29-33-57(8)47-27-28-50-54(4,5)51(31-32-55(50,6)46(47)30-34-56(45,57)7)62-52-35-48(59-37-43-23-14-10-15-24-43)53(60-38-44-25-16-11-17-26-44)49(61-52)39-58-36-42-21-12-9-13-22-42/h9-17,19,21-26,41,45,48-53H,18,20,27-39H2,1-8H3/t41-,45-,48-,49-,50?,51+,52-,53+,55-,56-,57+/m1/s1. The molecule has 4 aliphatic carbocycles. The molecule has 0 N–H and O–H groups in total. The van der Waals surface area contributed by atoms with Crippen LogP contribution in [0.3, 0.4) is 0 Å². The molecule has 0 aromatic heterocycles. The highest BCUT2D eigenvalue weighted by Gasteiger charge is 2.63. The highest BCUT2D eigenvalue weighted by atomic mass is 16.7. The molecule has 3 fully saturated rings. The van der Waals surface area contributed by atoms with Crippen molar-refractivity contribution in [1.82, 2.24) is 0 Å². The number of hydrogen-bond donors (Lipinski definition) is 0. The number of hydrogen-bond acceptors (Lipinski definition) is 5. The van der Waals surface area contributed by atoms with Gasteiger partial charge < -0.3 is 23.7 Å². The van der Waals surface area contributed by atoms with Gasteiger partial charge in [-0.05, 0) is 134 Å². The lowest BCUT2D eigenvalue weighted by molar-refractivity contribution is -0.303. The van der Waals surface area contributed by atoms with E-state index in [9.17, 15) is 0 Å². The van der Waals surface area contributed by atoms with Crippen molar-refractivity contribution in [2.45, 2.75) is 177 Å². The highest BCUT2D eigenvalue weighted by molar-refractivity contribution is 5.39. The molecule has 11 atom stereocenters. The van der Waals surface area contributed by atoms with Crippen LogP contribution in [0.1, 0.15) is 143 Å². The second-order valence-corrected chi connectivity index (χ2v) is 21.6. The lowest BCUT2D eigenvalue weighted by Crippen LogP contribution is -2.58. The van der Waals surface area contributed by atoms with E-state index in [1.807, 2.05) is 23.3 Å². The van der Waals surface area contributed by atoms with E-state index in [2.05, 4.69) is 140 Å². The number of ether oxygens (including phenoxy) is 5. The molecule has 3 aromatic rings.